The Kier molecular flexibility index (Phi) is 4.13. The molecule has 0 spiro atoms. The van der Waals surface area contributed by atoms with E-state index in [0.29, 0.717) is 15.7 Å². The molecule has 0 saturated heterocycles. The van der Waals surface area contributed by atoms with Crippen LogP contribution in [0.5, 0.6) is 0 Å². The van der Waals surface area contributed by atoms with Gasteiger partial charge in [-0.05, 0) is 28.9 Å². The molecule has 2 aromatic rings. The SMILES string of the molecule is Cc1ccc(Nc2ncc(Br)cc2[N+](=O)[O-])cc1[N+](=O)[O-]. The number of aromatic nitrogens is 1. The topological polar surface area (TPSA) is 111 Å². The van der Waals surface area contributed by atoms with Gasteiger partial charge in [-0.15, -0.1) is 0 Å². The molecule has 0 fully saturated rings. The van der Waals surface area contributed by atoms with Crippen LogP contribution in [-0.2, 0) is 0 Å². The average molecular weight is 353 g/mol. The number of halogens is 1. The van der Waals surface area contributed by atoms with E-state index in [1.54, 1.807) is 19.1 Å². The predicted octanol–water partition coefficient (Wildman–Crippen LogP) is 3.71. The van der Waals surface area contributed by atoms with Crippen molar-refractivity contribution in [1.82, 2.24) is 4.98 Å². The summed E-state index contributed by atoms with van der Waals surface area (Å²) in [7, 11) is 0. The maximum absolute atomic E-state index is 11.0. The smallest absolute Gasteiger partial charge is 0.312 e. The van der Waals surface area contributed by atoms with Crippen molar-refractivity contribution in [2.24, 2.45) is 0 Å². The summed E-state index contributed by atoms with van der Waals surface area (Å²) in [6.45, 7) is 1.61. The van der Waals surface area contributed by atoms with Crippen LogP contribution in [0.2, 0.25) is 0 Å². The molecule has 0 saturated carbocycles. The number of anilines is 2. The second kappa shape index (κ2) is 5.83. The Morgan fingerprint density at radius 2 is 1.81 bits per heavy atom. The molecule has 0 aliphatic carbocycles. The monoisotopic (exact) mass is 352 g/mol. The Hall–Kier alpha value is -2.55. The molecule has 0 aliphatic heterocycles. The van der Waals surface area contributed by atoms with Crippen molar-refractivity contribution < 1.29 is 9.85 Å². The summed E-state index contributed by atoms with van der Waals surface area (Å²) in [6, 6.07) is 5.77. The minimum absolute atomic E-state index is 0.0151. The highest BCUT2D eigenvalue weighted by Gasteiger charge is 2.17. The van der Waals surface area contributed by atoms with Crippen LogP contribution >= 0.6 is 15.9 Å². The van der Waals surface area contributed by atoms with Gasteiger partial charge in [0.25, 0.3) is 5.69 Å². The largest absolute Gasteiger partial charge is 0.334 e. The fourth-order valence-electron chi connectivity index (χ4n) is 1.68. The zero-order chi connectivity index (χ0) is 15.6. The first kappa shape index (κ1) is 14.9. The maximum Gasteiger partial charge on any atom is 0.312 e. The van der Waals surface area contributed by atoms with Gasteiger partial charge in [0.2, 0.25) is 5.82 Å². The molecule has 0 bridgehead atoms. The number of benzene rings is 1. The minimum Gasteiger partial charge on any atom is -0.334 e. The lowest BCUT2D eigenvalue weighted by molar-refractivity contribution is -0.385. The van der Waals surface area contributed by atoms with Gasteiger partial charge in [-0.25, -0.2) is 4.98 Å². The molecule has 8 nitrogen and oxygen atoms in total. The number of nitrogens with one attached hydrogen (secondary N) is 1. The summed E-state index contributed by atoms with van der Waals surface area (Å²) in [5.41, 5.74) is 0.557. The average Bonchev–Trinajstić information content (AvgIpc) is 2.42. The van der Waals surface area contributed by atoms with E-state index in [1.807, 2.05) is 0 Å². The van der Waals surface area contributed by atoms with E-state index in [1.165, 1.54) is 18.3 Å². The van der Waals surface area contributed by atoms with E-state index in [9.17, 15) is 20.2 Å². The van der Waals surface area contributed by atoms with Crippen LogP contribution in [0.3, 0.4) is 0 Å². The molecule has 0 radical (unpaired) electrons. The minimum atomic E-state index is -0.581. The Bertz CT molecular complexity index is 735. The van der Waals surface area contributed by atoms with Crippen LogP contribution in [-0.4, -0.2) is 14.8 Å². The lowest BCUT2D eigenvalue weighted by Gasteiger charge is -2.07. The van der Waals surface area contributed by atoms with Gasteiger partial charge in [-0.3, -0.25) is 20.2 Å². The number of nitrogens with zero attached hydrogens (tertiary/aromatic N) is 3. The zero-order valence-electron chi connectivity index (χ0n) is 10.7. The van der Waals surface area contributed by atoms with Crippen LogP contribution in [0.25, 0.3) is 0 Å². The van der Waals surface area contributed by atoms with Crippen molar-refractivity contribution in [2.75, 3.05) is 5.32 Å². The normalized spacial score (nSPS) is 10.2. The summed E-state index contributed by atoms with van der Waals surface area (Å²) in [5.74, 6) is 0.0151. The molecule has 9 heteroatoms. The Balaban J connectivity index is 2.41. The van der Waals surface area contributed by atoms with E-state index in [2.05, 4.69) is 26.2 Å². The second-order valence-corrected chi connectivity index (χ2v) is 5.08. The summed E-state index contributed by atoms with van der Waals surface area (Å²) in [6.07, 6.45) is 1.40. The number of hydrogen-bond donors (Lipinski definition) is 1. The molecule has 2 rings (SSSR count). The first-order valence-electron chi connectivity index (χ1n) is 5.70. The first-order valence-corrected chi connectivity index (χ1v) is 6.50. The molecule has 0 unspecified atom stereocenters. The standard InChI is InChI=1S/C12H9BrN4O4/c1-7-2-3-9(5-10(7)16(18)19)15-12-11(17(20)21)4-8(13)6-14-12/h2-6H,1H3,(H,14,15). The van der Waals surface area contributed by atoms with E-state index in [-0.39, 0.29) is 17.2 Å². The molecule has 0 amide bonds. The molecule has 1 N–H and O–H groups in total. The third-order valence-electron chi connectivity index (χ3n) is 2.70. The van der Waals surface area contributed by atoms with E-state index in [0.717, 1.165) is 0 Å². The highest BCUT2D eigenvalue weighted by atomic mass is 79.9. The number of hydrogen-bond acceptors (Lipinski definition) is 6. The van der Waals surface area contributed by atoms with Crippen molar-refractivity contribution in [2.45, 2.75) is 6.92 Å². The molecule has 21 heavy (non-hydrogen) atoms. The van der Waals surface area contributed by atoms with E-state index >= 15 is 0 Å². The number of rotatable bonds is 4. The second-order valence-electron chi connectivity index (χ2n) is 4.16. The lowest BCUT2D eigenvalue weighted by Crippen LogP contribution is -2.00. The molecule has 1 aromatic carbocycles. The fourth-order valence-corrected chi connectivity index (χ4v) is 2.00. The van der Waals surface area contributed by atoms with Crippen molar-refractivity contribution in [1.29, 1.82) is 0 Å². The zero-order valence-corrected chi connectivity index (χ0v) is 12.3. The Labute approximate surface area is 127 Å². The lowest BCUT2D eigenvalue weighted by atomic mass is 10.2. The summed E-state index contributed by atoms with van der Waals surface area (Å²) in [4.78, 5) is 24.7. The third-order valence-corrected chi connectivity index (χ3v) is 3.13. The molecule has 0 atom stereocenters. The number of nitro benzene ring substituents is 1. The Morgan fingerprint density at radius 3 is 2.43 bits per heavy atom. The van der Waals surface area contributed by atoms with Gasteiger partial charge in [0.05, 0.1) is 9.85 Å². The summed E-state index contributed by atoms with van der Waals surface area (Å²) in [5, 5.41) is 24.6. The molecule has 1 aromatic heterocycles. The summed E-state index contributed by atoms with van der Waals surface area (Å²) < 4.78 is 0.467. The quantitative estimate of drug-likeness (QED) is 0.662. The highest BCUT2D eigenvalue weighted by molar-refractivity contribution is 9.10. The van der Waals surface area contributed by atoms with Crippen molar-refractivity contribution in [3.8, 4) is 0 Å². The Morgan fingerprint density at radius 1 is 1.14 bits per heavy atom. The first-order chi connectivity index (χ1) is 9.88. The number of aryl methyl sites for hydroxylation is 1. The van der Waals surface area contributed by atoms with Gasteiger partial charge in [0, 0.05) is 34.1 Å². The van der Waals surface area contributed by atoms with Crippen LogP contribution in [0.15, 0.2) is 34.9 Å². The highest BCUT2D eigenvalue weighted by Crippen LogP contribution is 2.30. The molecule has 108 valence electrons. The van der Waals surface area contributed by atoms with Crippen molar-refractivity contribution in [3.05, 3.63) is 60.7 Å². The molecular weight excluding hydrogens is 344 g/mol. The predicted molar refractivity (Wildman–Crippen MR) is 79.7 cm³/mol. The summed E-state index contributed by atoms with van der Waals surface area (Å²) >= 11 is 3.11. The molecule has 1 heterocycles. The van der Waals surface area contributed by atoms with Gasteiger partial charge in [-0.1, -0.05) is 6.07 Å². The maximum atomic E-state index is 11.0. The number of pyridine rings is 1. The third kappa shape index (κ3) is 3.31. The van der Waals surface area contributed by atoms with E-state index < -0.39 is 9.85 Å². The van der Waals surface area contributed by atoms with Crippen molar-refractivity contribution in [3.63, 3.8) is 0 Å². The van der Waals surface area contributed by atoms with Gasteiger partial charge in [0.1, 0.15) is 0 Å². The number of nitro groups is 2. The van der Waals surface area contributed by atoms with Crippen LogP contribution < -0.4 is 5.32 Å². The van der Waals surface area contributed by atoms with Gasteiger partial charge in [0.15, 0.2) is 0 Å². The van der Waals surface area contributed by atoms with Crippen LogP contribution in [0, 0.1) is 27.2 Å². The fraction of sp³-hybridized carbons (Fsp3) is 0.0833. The van der Waals surface area contributed by atoms with Gasteiger partial charge in [-0.2, -0.15) is 0 Å². The van der Waals surface area contributed by atoms with E-state index in [4.69, 9.17) is 0 Å². The van der Waals surface area contributed by atoms with Gasteiger partial charge >= 0.3 is 5.69 Å². The molecular formula is C12H9BrN4O4. The van der Waals surface area contributed by atoms with Gasteiger partial charge < -0.3 is 5.32 Å². The van der Waals surface area contributed by atoms with Crippen LogP contribution in [0.4, 0.5) is 22.9 Å². The van der Waals surface area contributed by atoms with Crippen LogP contribution in [0.1, 0.15) is 5.56 Å². The van der Waals surface area contributed by atoms with Crippen molar-refractivity contribution >= 4 is 38.8 Å². The molecule has 0 aliphatic rings.